The minimum Gasteiger partial charge on any atom is -0.399 e. The quantitative estimate of drug-likeness (QED) is 0.842. The Hall–Kier alpha value is -1.27. The van der Waals surface area contributed by atoms with E-state index in [0.29, 0.717) is 19.8 Å². The van der Waals surface area contributed by atoms with E-state index < -0.39 is 11.7 Å². The third-order valence-corrected chi connectivity index (χ3v) is 3.32. The summed E-state index contributed by atoms with van der Waals surface area (Å²) in [6, 6.07) is 4.09. The Morgan fingerprint density at radius 3 is 2.79 bits per heavy atom. The predicted octanol–water partition coefficient (Wildman–Crippen LogP) is 2.51. The topological polar surface area (TPSA) is 38.5 Å². The van der Waals surface area contributed by atoms with Crippen LogP contribution in [0.1, 0.15) is 18.1 Å². The van der Waals surface area contributed by atoms with E-state index in [1.807, 2.05) is 11.8 Å². The number of nitrogen functional groups attached to an aromatic ring is 1. The largest absolute Gasteiger partial charge is 0.416 e. The highest BCUT2D eigenvalue weighted by Gasteiger charge is 2.34. The minimum absolute atomic E-state index is 0.118. The number of halogens is 3. The summed E-state index contributed by atoms with van der Waals surface area (Å²) >= 11 is 0. The van der Waals surface area contributed by atoms with E-state index in [1.54, 1.807) is 0 Å². The Labute approximate surface area is 110 Å². The van der Waals surface area contributed by atoms with Crippen molar-refractivity contribution in [1.29, 1.82) is 0 Å². The summed E-state index contributed by atoms with van der Waals surface area (Å²) in [7, 11) is 0. The first-order valence-corrected chi connectivity index (χ1v) is 6.15. The maximum atomic E-state index is 13.0. The third-order valence-electron chi connectivity index (χ3n) is 3.32. The number of alkyl halides is 3. The molecule has 1 saturated heterocycles. The first kappa shape index (κ1) is 14.1. The van der Waals surface area contributed by atoms with Gasteiger partial charge >= 0.3 is 6.18 Å². The van der Waals surface area contributed by atoms with Crippen molar-refractivity contribution in [3.05, 3.63) is 29.3 Å². The van der Waals surface area contributed by atoms with Gasteiger partial charge in [0.05, 0.1) is 18.8 Å². The third kappa shape index (κ3) is 3.39. The number of ether oxygens (including phenoxy) is 1. The summed E-state index contributed by atoms with van der Waals surface area (Å²) in [6.45, 7) is 3.96. The molecular weight excluding hydrogens is 257 g/mol. The molecule has 0 aromatic heterocycles. The summed E-state index contributed by atoms with van der Waals surface area (Å²) in [4.78, 5) is 1.99. The average Bonchev–Trinajstić information content (AvgIpc) is 2.33. The van der Waals surface area contributed by atoms with E-state index in [-0.39, 0.29) is 23.8 Å². The fraction of sp³-hybridized carbons (Fsp3) is 0.538. The van der Waals surface area contributed by atoms with Gasteiger partial charge in [0.25, 0.3) is 0 Å². The Bertz CT molecular complexity index is 448. The molecule has 1 atom stereocenters. The molecule has 1 aliphatic heterocycles. The number of hydrogen-bond acceptors (Lipinski definition) is 3. The van der Waals surface area contributed by atoms with Crippen molar-refractivity contribution in [3.63, 3.8) is 0 Å². The second kappa shape index (κ2) is 5.38. The average molecular weight is 274 g/mol. The smallest absolute Gasteiger partial charge is 0.399 e. The van der Waals surface area contributed by atoms with E-state index in [9.17, 15) is 13.2 Å². The van der Waals surface area contributed by atoms with Gasteiger partial charge in [-0.2, -0.15) is 13.2 Å². The van der Waals surface area contributed by atoms with Gasteiger partial charge in [-0.3, -0.25) is 4.90 Å². The number of morpholine rings is 1. The molecule has 2 rings (SSSR count). The van der Waals surface area contributed by atoms with Crippen LogP contribution in [-0.2, 0) is 17.5 Å². The highest BCUT2D eigenvalue weighted by Crippen LogP contribution is 2.34. The lowest BCUT2D eigenvalue weighted by molar-refractivity contribution is -0.138. The molecule has 3 nitrogen and oxygen atoms in total. The van der Waals surface area contributed by atoms with Crippen molar-refractivity contribution < 1.29 is 17.9 Å². The van der Waals surface area contributed by atoms with Gasteiger partial charge in [0.1, 0.15) is 0 Å². The lowest BCUT2D eigenvalue weighted by atomic mass is 10.0. The molecule has 0 amide bonds. The molecule has 2 N–H and O–H groups in total. The number of anilines is 1. The zero-order valence-electron chi connectivity index (χ0n) is 10.7. The molecule has 1 aromatic carbocycles. The van der Waals surface area contributed by atoms with Crippen molar-refractivity contribution in [2.75, 3.05) is 25.5 Å². The normalized spacial score (nSPS) is 21.6. The zero-order chi connectivity index (χ0) is 14.0. The van der Waals surface area contributed by atoms with E-state index in [1.165, 1.54) is 12.1 Å². The van der Waals surface area contributed by atoms with E-state index in [2.05, 4.69) is 0 Å². The van der Waals surface area contributed by atoms with Crippen LogP contribution < -0.4 is 5.73 Å². The maximum Gasteiger partial charge on any atom is 0.416 e. The maximum absolute atomic E-state index is 13.0. The molecule has 0 radical (unpaired) electrons. The van der Waals surface area contributed by atoms with Crippen molar-refractivity contribution in [2.45, 2.75) is 25.7 Å². The molecule has 0 spiro atoms. The van der Waals surface area contributed by atoms with Gasteiger partial charge in [-0.25, -0.2) is 0 Å². The van der Waals surface area contributed by atoms with Gasteiger partial charge in [0, 0.05) is 24.8 Å². The van der Waals surface area contributed by atoms with Crippen molar-refractivity contribution in [1.82, 2.24) is 4.90 Å². The molecule has 1 aromatic rings. The van der Waals surface area contributed by atoms with E-state index in [0.717, 1.165) is 6.07 Å². The molecule has 1 unspecified atom stereocenters. The number of nitrogens with zero attached hydrogens (tertiary/aromatic N) is 1. The molecule has 0 saturated carbocycles. The van der Waals surface area contributed by atoms with Gasteiger partial charge in [-0.05, 0) is 24.6 Å². The number of benzene rings is 1. The van der Waals surface area contributed by atoms with Crippen LogP contribution in [0.15, 0.2) is 18.2 Å². The van der Waals surface area contributed by atoms with Crippen LogP contribution in [-0.4, -0.2) is 30.7 Å². The molecule has 1 heterocycles. The van der Waals surface area contributed by atoms with Gasteiger partial charge in [0.15, 0.2) is 0 Å². The number of hydrogen-bond donors (Lipinski definition) is 1. The summed E-state index contributed by atoms with van der Waals surface area (Å²) in [5, 5.41) is 0. The van der Waals surface area contributed by atoms with E-state index >= 15 is 0 Å². The molecular formula is C13H17F3N2O. The van der Waals surface area contributed by atoms with Gasteiger partial charge < -0.3 is 10.5 Å². The summed E-state index contributed by atoms with van der Waals surface area (Å²) in [6.07, 6.45) is -4.37. The first-order valence-electron chi connectivity index (χ1n) is 6.15. The Balaban J connectivity index is 2.24. The Kier molecular flexibility index (Phi) is 4.01. The molecule has 1 fully saturated rings. The lowest BCUT2D eigenvalue weighted by Crippen LogP contribution is -2.43. The monoisotopic (exact) mass is 274 g/mol. The molecule has 106 valence electrons. The van der Waals surface area contributed by atoms with Crippen molar-refractivity contribution in [2.24, 2.45) is 0 Å². The summed E-state index contributed by atoms with van der Waals surface area (Å²) in [5.41, 5.74) is 5.19. The molecule has 0 bridgehead atoms. The Morgan fingerprint density at radius 1 is 1.42 bits per heavy atom. The summed E-state index contributed by atoms with van der Waals surface area (Å²) < 4.78 is 44.2. The second-order valence-electron chi connectivity index (χ2n) is 4.81. The summed E-state index contributed by atoms with van der Waals surface area (Å²) in [5.74, 6) is 0. The lowest BCUT2D eigenvalue weighted by Gasteiger charge is -2.33. The first-order chi connectivity index (χ1) is 8.88. The fourth-order valence-electron chi connectivity index (χ4n) is 2.21. The van der Waals surface area contributed by atoms with Gasteiger partial charge in [0.2, 0.25) is 0 Å². The van der Waals surface area contributed by atoms with Gasteiger partial charge in [-0.1, -0.05) is 6.07 Å². The fourth-order valence-corrected chi connectivity index (χ4v) is 2.21. The van der Waals surface area contributed by atoms with Crippen molar-refractivity contribution >= 4 is 5.69 Å². The highest BCUT2D eigenvalue weighted by molar-refractivity contribution is 5.46. The molecule has 1 aliphatic rings. The minimum atomic E-state index is -4.37. The van der Waals surface area contributed by atoms with Crippen LogP contribution in [0.3, 0.4) is 0 Å². The molecule has 0 aliphatic carbocycles. The zero-order valence-corrected chi connectivity index (χ0v) is 10.7. The van der Waals surface area contributed by atoms with Crippen LogP contribution >= 0.6 is 0 Å². The van der Waals surface area contributed by atoms with Crippen LogP contribution in [0.5, 0.6) is 0 Å². The van der Waals surface area contributed by atoms with Crippen LogP contribution in [0.2, 0.25) is 0 Å². The van der Waals surface area contributed by atoms with Gasteiger partial charge in [-0.15, -0.1) is 0 Å². The molecule has 19 heavy (non-hydrogen) atoms. The van der Waals surface area contributed by atoms with Crippen LogP contribution in [0.4, 0.5) is 18.9 Å². The van der Waals surface area contributed by atoms with Crippen molar-refractivity contribution in [3.8, 4) is 0 Å². The number of rotatable bonds is 2. The second-order valence-corrected chi connectivity index (χ2v) is 4.81. The predicted molar refractivity (Wildman–Crippen MR) is 66.5 cm³/mol. The van der Waals surface area contributed by atoms with Crippen LogP contribution in [0.25, 0.3) is 0 Å². The molecule has 6 heteroatoms. The standard InChI is InChI=1S/C13H17F3N2O/c1-9-8-19-5-4-18(9)7-10-2-3-11(17)6-12(10)13(14,15)16/h2-3,6,9H,4-5,7-8,17H2,1H3. The number of nitrogens with two attached hydrogens (primary N) is 1. The van der Waals surface area contributed by atoms with Crippen LogP contribution in [0, 0.1) is 0 Å². The highest BCUT2D eigenvalue weighted by atomic mass is 19.4. The van der Waals surface area contributed by atoms with E-state index in [4.69, 9.17) is 10.5 Å². The Morgan fingerprint density at radius 2 is 2.16 bits per heavy atom. The SMILES string of the molecule is CC1COCCN1Cc1ccc(N)cc1C(F)(F)F.